The normalized spacial score (nSPS) is 9.16. The first kappa shape index (κ1) is 34.5. The molecular formula is C24H32Cl2N2O2Zr. The van der Waals surface area contributed by atoms with Crippen LogP contribution < -0.4 is 24.8 Å². The Morgan fingerprint density at radius 3 is 1.29 bits per heavy atom. The fourth-order valence-corrected chi connectivity index (χ4v) is 3.04. The van der Waals surface area contributed by atoms with E-state index in [4.69, 9.17) is 11.5 Å². The summed E-state index contributed by atoms with van der Waals surface area (Å²) in [5.41, 5.74) is 19.7. The van der Waals surface area contributed by atoms with E-state index < -0.39 is 11.8 Å². The number of unbranched alkanes of at least 4 members (excludes halogenated alkanes) is 2. The van der Waals surface area contributed by atoms with Crippen LogP contribution in [0, 0.1) is 13.8 Å². The molecule has 0 aliphatic rings. The third-order valence-corrected chi connectivity index (χ3v) is 4.61. The molecule has 2 rings (SSSR count). The average Bonchev–Trinajstić information content (AvgIpc) is 2.64. The molecule has 168 valence electrons. The van der Waals surface area contributed by atoms with E-state index in [9.17, 15) is 9.59 Å². The second-order valence-electron chi connectivity index (χ2n) is 7.19. The van der Waals surface area contributed by atoms with Crippen molar-refractivity contribution in [2.24, 2.45) is 0 Å². The summed E-state index contributed by atoms with van der Waals surface area (Å²) >= 11 is 0. The van der Waals surface area contributed by atoms with E-state index in [1.165, 1.54) is 0 Å². The first-order valence-corrected chi connectivity index (χ1v) is 10.0. The Hall–Kier alpha value is -1.16. The fourth-order valence-electron chi connectivity index (χ4n) is 3.04. The zero-order valence-electron chi connectivity index (χ0n) is 18.8. The van der Waals surface area contributed by atoms with Crippen molar-refractivity contribution in [2.45, 2.75) is 66.2 Å². The average molecular weight is 543 g/mol. The zero-order chi connectivity index (χ0) is 21.1. The van der Waals surface area contributed by atoms with Crippen molar-refractivity contribution in [1.29, 1.82) is 0 Å². The fraction of sp³-hybridized carbons (Fsp3) is 0.417. The molecule has 0 saturated heterocycles. The maximum Gasteiger partial charge on any atom is 4.00 e. The molecule has 2 N–H and O–H groups in total. The van der Waals surface area contributed by atoms with E-state index in [2.05, 4.69) is 13.8 Å². The van der Waals surface area contributed by atoms with Crippen molar-refractivity contribution in [3.8, 4) is 0 Å². The molecular weight excluding hydrogens is 510 g/mol. The number of rotatable bonds is 8. The number of hydrogen-bond acceptors (Lipinski definition) is 2. The van der Waals surface area contributed by atoms with Crippen LogP contribution in [0.25, 0.3) is 11.5 Å². The Balaban J connectivity index is -0.000000461. The maximum atomic E-state index is 11.0. The molecule has 0 aliphatic heterocycles. The van der Waals surface area contributed by atoms with Gasteiger partial charge in [0.1, 0.15) is 0 Å². The van der Waals surface area contributed by atoms with E-state index in [0.29, 0.717) is 11.1 Å². The Kier molecular flexibility index (Phi) is 20.5. The predicted molar refractivity (Wildman–Crippen MR) is 117 cm³/mol. The molecule has 0 spiro atoms. The standard InChI is InChI=1S/2C12H17NO.2ClH.Zr/c2*1-3-4-5-10-8-9(2)6-7-11(10)12(13)14;;;/h2*6-8H,3-5H2,1-2H3,(H2,13,14);2*1H;/q;;;;+4/p-4. The molecule has 0 heterocycles. The van der Waals surface area contributed by atoms with Crippen molar-refractivity contribution in [3.63, 3.8) is 0 Å². The number of halogens is 2. The number of hydrogen-bond donors (Lipinski definition) is 0. The van der Waals surface area contributed by atoms with Gasteiger partial charge in [-0.15, -0.1) is 0 Å². The second kappa shape index (κ2) is 18.4. The summed E-state index contributed by atoms with van der Waals surface area (Å²) in [6, 6.07) is 11.3. The molecule has 0 aromatic heterocycles. The van der Waals surface area contributed by atoms with Crippen molar-refractivity contribution in [3.05, 3.63) is 81.2 Å². The van der Waals surface area contributed by atoms with Gasteiger partial charge < -0.3 is 45.9 Å². The van der Waals surface area contributed by atoms with Gasteiger partial charge in [0.05, 0.1) is 11.8 Å². The van der Waals surface area contributed by atoms with Gasteiger partial charge in [-0.1, -0.05) is 74.2 Å². The number of carbonyl (C=O) groups is 2. The van der Waals surface area contributed by atoms with E-state index in [0.717, 1.165) is 60.8 Å². The van der Waals surface area contributed by atoms with Gasteiger partial charge in [0, 0.05) is 11.1 Å². The molecule has 31 heavy (non-hydrogen) atoms. The van der Waals surface area contributed by atoms with Crippen molar-refractivity contribution < 1.29 is 60.6 Å². The summed E-state index contributed by atoms with van der Waals surface area (Å²) in [4.78, 5) is 22.0. The summed E-state index contributed by atoms with van der Waals surface area (Å²) in [5.74, 6) is -1.15. The van der Waals surface area contributed by atoms with Crippen molar-refractivity contribution in [2.75, 3.05) is 0 Å². The summed E-state index contributed by atoms with van der Waals surface area (Å²) in [7, 11) is 0. The topological polar surface area (TPSA) is 81.7 Å². The predicted octanol–water partition coefficient (Wildman–Crippen LogP) is 1.07. The van der Waals surface area contributed by atoms with Crippen LogP contribution in [-0.4, -0.2) is 11.8 Å². The first-order chi connectivity index (χ1) is 13.3. The Labute approximate surface area is 218 Å². The molecule has 2 amide bonds. The van der Waals surface area contributed by atoms with Gasteiger partial charge in [0.2, 0.25) is 0 Å². The van der Waals surface area contributed by atoms with E-state index in [1.807, 2.05) is 38.1 Å². The monoisotopic (exact) mass is 540 g/mol. The molecule has 4 nitrogen and oxygen atoms in total. The smallest absolute Gasteiger partial charge is 1.00 e. The largest absolute Gasteiger partial charge is 4.00 e. The Bertz CT molecular complexity index is 747. The number of aryl methyl sites for hydroxylation is 4. The molecule has 0 aliphatic carbocycles. The van der Waals surface area contributed by atoms with Gasteiger partial charge in [-0.25, -0.2) is 0 Å². The zero-order valence-corrected chi connectivity index (χ0v) is 22.7. The van der Waals surface area contributed by atoms with Crippen LogP contribution in [0.5, 0.6) is 0 Å². The third kappa shape index (κ3) is 12.5. The van der Waals surface area contributed by atoms with Crippen LogP contribution in [0.3, 0.4) is 0 Å². The van der Waals surface area contributed by atoms with Crippen molar-refractivity contribution in [1.82, 2.24) is 0 Å². The molecule has 2 aromatic rings. The molecule has 7 heteroatoms. The molecule has 0 fully saturated rings. The second-order valence-corrected chi connectivity index (χ2v) is 7.19. The minimum atomic E-state index is -0.573. The van der Waals surface area contributed by atoms with E-state index in [-0.39, 0.29) is 51.0 Å². The van der Waals surface area contributed by atoms with Crippen LogP contribution in [-0.2, 0) is 39.0 Å². The molecule has 0 bridgehead atoms. The quantitative estimate of drug-likeness (QED) is 0.500. The minimum absolute atomic E-state index is 0. The van der Waals surface area contributed by atoms with E-state index in [1.54, 1.807) is 12.1 Å². The van der Waals surface area contributed by atoms with Gasteiger partial charge in [0.25, 0.3) is 0 Å². The summed E-state index contributed by atoms with van der Waals surface area (Å²) in [5, 5.41) is 0. The first-order valence-electron chi connectivity index (χ1n) is 10.0. The number of carbonyl (C=O) groups excluding carboxylic acids is 2. The van der Waals surface area contributed by atoms with Gasteiger partial charge in [-0.2, -0.15) is 0 Å². The molecule has 0 radical (unpaired) electrons. The van der Waals surface area contributed by atoms with Crippen LogP contribution in [0.4, 0.5) is 0 Å². The van der Waals surface area contributed by atoms with Crippen LogP contribution in [0.15, 0.2) is 36.4 Å². The Morgan fingerprint density at radius 1 is 0.710 bits per heavy atom. The molecule has 2 aromatic carbocycles. The van der Waals surface area contributed by atoms with Gasteiger partial charge in [0.15, 0.2) is 0 Å². The molecule has 0 saturated carbocycles. The van der Waals surface area contributed by atoms with Gasteiger partial charge >= 0.3 is 26.2 Å². The van der Waals surface area contributed by atoms with E-state index >= 15 is 0 Å². The van der Waals surface area contributed by atoms with Crippen molar-refractivity contribution >= 4 is 11.8 Å². The summed E-state index contributed by atoms with van der Waals surface area (Å²) < 4.78 is 0. The van der Waals surface area contributed by atoms with Gasteiger partial charge in [-0.05, 0) is 50.7 Å². The number of benzene rings is 2. The van der Waals surface area contributed by atoms with Crippen LogP contribution >= 0.6 is 0 Å². The number of nitrogens with one attached hydrogen (secondary N) is 2. The van der Waals surface area contributed by atoms with Gasteiger partial charge in [-0.3, -0.25) is 0 Å². The Morgan fingerprint density at radius 2 is 1.03 bits per heavy atom. The molecule has 0 unspecified atom stereocenters. The molecule has 0 atom stereocenters. The number of amides is 2. The summed E-state index contributed by atoms with van der Waals surface area (Å²) in [6.45, 7) is 8.26. The summed E-state index contributed by atoms with van der Waals surface area (Å²) in [6.07, 6.45) is 6.17. The third-order valence-electron chi connectivity index (χ3n) is 4.61. The maximum absolute atomic E-state index is 11.0. The van der Waals surface area contributed by atoms with Crippen LogP contribution in [0.1, 0.15) is 82.5 Å². The SMILES string of the molecule is CCCCc1cc(C)ccc1C([NH-])=O.CCCCc1cc(C)ccc1C([NH-])=O.[Cl-].[Cl-].[Zr+4]. The van der Waals surface area contributed by atoms with Crippen LogP contribution in [0.2, 0.25) is 0 Å². The minimum Gasteiger partial charge on any atom is -1.00 e.